The van der Waals surface area contributed by atoms with Crippen molar-refractivity contribution in [2.45, 2.75) is 6.92 Å². The van der Waals surface area contributed by atoms with E-state index in [2.05, 4.69) is 21.2 Å². The number of hydrogen-bond acceptors (Lipinski definition) is 2. The fourth-order valence-electron chi connectivity index (χ4n) is 1.92. The number of benzene rings is 2. The maximum atomic E-state index is 12.2. The lowest BCUT2D eigenvalue weighted by atomic mass is 10.1. The second-order valence-electron chi connectivity index (χ2n) is 4.33. The van der Waals surface area contributed by atoms with E-state index in [0.717, 1.165) is 10.0 Å². The van der Waals surface area contributed by atoms with Crippen LogP contribution in [0.1, 0.15) is 21.5 Å². The van der Waals surface area contributed by atoms with Crippen molar-refractivity contribution in [2.75, 3.05) is 5.32 Å². The van der Waals surface area contributed by atoms with Crippen LogP contribution in [0.5, 0.6) is 0 Å². The van der Waals surface area contributed by atoms with Crippen LogP contribution in [0.15, 0.2) is 46.9 Å². The molecule has 3 N–H and O–H groups in total. The van der Waals surface area contributed by atoms with E-state index in [4.69, 9.17) is 18.0 Å². The highest BCUT2D eigenvalue weighted by Gasteiger charge is 2.12. The monoisotopic (exact) mass is 348 g/mol. The summed E-state index contributed by atoms with van der Waals surface area (Å²) in [7, 11) is 0. The molecule has 0 atom stereocenters. The van der Waals surface area contributed by atoms with Gasteiger partial charge in [0.2, 0.25) is 0 Å². The number of carbonyl (C=O) groups is 1. The first kappa shape index (κ1) is 14.7. The molecule has 102 valence electrons. The maximum Gasteiger partial charge on any atom is 0.255 e. The van der Waals surface area contributed by atoms with Crippen LogP contribution in [-0.2, 0) is 0 Å². The zero-order valence-corrected chi connectivity index (χ0v) is 13.2. The largest absolute Gasteiger partial charge is 0.389 e. The van der Waals surface area contributed by atoms with Crippen LogP contribution >= 0.6 is 28.1 Å². The molecule has 20 heavy (non-hydrogen) atoms. The summed E-state index contributed by atoms with van der Waals surface area (Å²) in [6.45, 7) is 1.91. The molecule has 0 spiro atoms. The summed E-state index contributed by atoms with van der Waals surface area (Å²) < 4.78 is 0.851. The Morgan fingerprint density at radius 3 is 2.60 bits per heavy atom. The molecule has 1 amide bonds. The third-order valence-electron chi connectivity index (χ3n) is 2.85. The minimum Gasteiger partial charge on any atom is -0.389 e. The van der Waals surface area contributed by atoms with E-state index >= 15 is 0 Å². The van der Waals surface area contributed by atoms with Crippen LogP contribution in [0.25, 0.3) is 0 Å². The number of anilines is 1. The topological polar surface area (TPSA) is 55.1 Å². The van der Waals surface area contributed by atoms with E-state index in [1.807, 2.05) is 31.2 Å². The van der Waals surface area contributed by atoms with Crippen LogP contribution in [-0.4, -0.2) is 10.9 Å². The second kappa shape index (κ2) is 6.15. The predicted octanol–water partition coefficient (Wildman–Crippen LogP) is 3.64. The van der Waals surface area contributed by atoms with Gasteiger partial charge in [-0.15, -0.1) is 0 Å². The molecule has 0 unspecified atom stereocenters. The lowest BCUT2D eigenvalue weighted by Crippen LogP contribution is -2.18. The number of nitrogens with two attached hydrogens (primary N) is 1. The number of amides is 1. The van der Waals surface area contributed by atoms with Gasteiger partial charge in [-0.05, 0) is 36.8 Å². The van der Waals surface area contributed by atoms with Crippen molar-refractivity contribution in [3.63, 3.8) is 0 Å². The first-order chi connectivity index (χ1) is 9.49. The molecule has 0 bridgehead atoms. The fraction of sp³-hybridized carbons (Fsp3) is 0.0667. The molecule has 2 rings (SSSR count). The van der Waals surface area contributed by atoms with Crippen molar-refractivity contribution < 1.29 is 4.79 Å². The number of halogens is 1. The summed E-state index contributed by atoms with van der Waals surface area (Å²) in [6.07, 6.45) is 0. The first-order valence-corrected chi connectivity index (χ1v) is 7.15. The average molecular weight is 349 g/mol. The van der Waals surface area contributed by atoms with Crippen molar-refractivity contribution in [3.05, 3.63) is 63.6 Å². The molecular formula is C15H13BrN2OS. The average Bonchev–Trinajstić information content (AvgIpc) is 2.38. The van der Waals surface area contributed by atoms with Gasteiger partial charge in [0.1, 0.15) is 4.99 Å². The molecule has 0 radical (unpaired) electrons. The molecular weight excluding hydrogens is 336 g/mol. The Labute approximate surface area is 131 Å². The summed E-state index contributed by atoms with van der Waals surface area (Å²) in [5.41, 5.74) is 8.55. The molecule has 0 saturated heterocycles. The number of aryl methyl sites for hydroxylation is 1. The molecule has 5 heteroatoms. The van der Waals surface area contributed by atoms with E-state index in [1.165, 1.54) is 0 Å². The Morgan fingerprint density at radius 1 is 1.25 bits per heavy atom. The molecule has 2 aromatic carbocycles. The molecule has 0 aromatic heterocycles. The maximum absolute atomic E-state index is 12.2. The van der Waals surface area contributed by atoms with Crippen molar-refractivity contribution in [3.8, 4) is 0 Å². The van der Waals surface area contributed by atoms with Crippen LogP contribution in [0.4, 0.5) is 5.69 Å². The van der Waals surface area contributed by atoms with Gasteiger partial charge in [-0.1, -0.05) is 46.3 Å². The van der Waals surface area contributed by atoms with Gasteiger partial charge in [0.05, 0.1) is 5.69 Å². The highest BCUT2D eigenvalue weighted by Crippen LogP contribution is 2.21. The molecule has 0 saturated carbocycles. The minimum atomic E-state index is -0.200. The van der Waals surface area contributed by atoms with Gasteiger partial charge >= 0.3 is 0 Å². The van der Waals surface area contributed by atoms with Crippen LogP contribution in [0, 0.1) is 6.92 Å². The van der Waals surface area contributed by atoms with Crippen molar-refractivity contribution in [1.82, 2.24) is 0 Å². The Balaban J connectivity index is 2.33. The Bertz CT molecular complexity index is 685. The fourth-order valence-corrected chi connectivity index (χ4v) is 2.59. The zero-order chi connectivity index (χ0) is 14.7. The van der Waals surface area contributed by atoms with Crippen molar-refractivity contribution >= 4 is 44.7 Å². The third-order valence-corrected chi connectivity index (χ3v) is 3.55. The van der Waals surface area contributed by atoms with E-state index in [9.17, 15) is 4.79 Å². The molecule has 0 aliphatic rings. The highest BCUT2D eigenvalue weighted by atomic mass is 79.9. The van der Waals surface area contributed by atoms with Crippen molar-refractivity contribution in [2.24, 2.45) is 5.73 Å². The molecule has 2 aromatic rings. The Morgan fingerprint density at radius 2 is 1.95 bits per heavy atom. The van der Waals surface area contributed by atoms with Gasteiger partial charge in [0, 0.05) is 15.6 Å². The molecule has 0 aliphatic carbocycles. The number of hydrogen-bond donors (Lipinski definition) is 2. The van der Waals surface area contributed by atoms with Gasteiger partial charge < -0.3 is 11.1 Å². The SMILES string of the molecule is Cc1cccc(NC(=O)c2cccc(Br)c2)c1C(N)=S. The lowest BCUT2D eigenvalue weighted by Gasteiger charge is -2.12. The summed E-state index contributed by atoms with van der Waals surface area (Å²) in [5, 5.41) is 2.85. The van der Waals surface area contributed by atoms with Crippen LogP contribution < -0.4 is 11.1 Å². The van der Waals surface area contributed by atoms with Gasteiger partial charge in [0.25, 0.3) is 5.91 Å². The summed E-state index contributed by atoms with van der Waals surface area (Å²) >= 11 is 8.39. The van der Waals surface area contributed by atoms with Gasteiger partial charge in [-0.2, -0.15) is 0 Å². The van der Waals surface area contributed by atoms with Gasteiger partial charge in [-0.25, -0.2) is 0 Å². The molecule has 0 aliphatic heterocycles. The van der Waals surface area contributed by atoms with E-state index < -0.39 is 0 Å². The highest BCUT2D eigenvalue weighted by molar-refractivity contribution is 9.10. The first-order valence-electron chi connectivity index (χ1n) is 5.95. The lowest BCUT2D eigenvalue weighted by molar-refractivity contribution is 0.102. The Hall–Kier alpha value is -1.72. The number of nitrogens with one attached hydrogen (secondary N) is 1. The van der Waals surface area contributed by atoms with Gasteiger partial charge in [-0.3, -0.25) is 4.79 Å². The minimum absolute atomic E-state index is 0.200. The van der Waals surface area contributed by atoms with Crippen molar-refractivity contribution in [1.29, 1.82) is 0 Å². The van der Waals surface area contributed by atoms with Gasteiger partial charge in [0.15, 0.2) is 0 Å². The third kappa shape index (κ3) is 3.23. The zero-order valence-electron chi connectivity index (χ0n) is 10.8. The van der Waals surface area contributed by atoms with E-state index in [0.29, 0.717) is 16.8 Å². The van der Waals surface area contributed by atoms with E-state index in [1.54, 1.807) is 18.2 Å². The van der Waals surface area contributed by atoms with Crippen LogP contribution in [0.2, 0.25) is 0 Å². The molecule has 3 nitrogen and oxygen atoms in total. The summed E-state index contributed by atoms with van der Waals surface area (Å²) in [5.74, 6) is -0.200. The Kier molecular flexibility index (Phi) is 4.52. The second-order valence-corrected chi connectivity index (χ2v) is 5.68. The number of thiocarbonyl (C=S) groups is 1. The van der Waals surface area contributed by atoms with Crippen LogP contribution in [0.3, 0.4) is 0 Å². The predicted molar refractivity (Wildman–Crippen MR) is 89.2 cm³/mol. The van der Waals surface area contributed by atoms with E-state index in [-0.39, 0.29) is 10.9 Å². The standard InChI is InChI=1S/C15H13BrN2OS/c1-9-4-2-7-12(13(9)14(17)20)18-15(19)10-5-3-6-11(16)8-10/h2-8H,1H3,(H2,17,20)(H,18,19). The normalized spacial score (nSPS) is 10.1. The quantitative estimate of drug-likeness (QED) is 0.832. The summed E-state index contributed by atoms with van der Waals surface area (Å²) in [6, 6.07) is 12.7. The number of rotatable bonds is 3. The molecule has 0 heterocycles. The number of carbonyl (C=O) groups excluding carboxylic acids is 1. The summed E-state index contributed by atoms with van der Waals surface area (Å²) in [4.78, 5) is 12.5. The smallest absolute Gasteiger partial charge is 0.255 e. The molecule has 0 fully saturated rings.